The Morgan fingerprint density at radius 3 is 1.64 bits per heavy atom. The number of rotatable bonds is 11. The SMILES string of the molecule is N/C=C\C(=N/Nc1cc(-c2cccc(-c3ccccc3Nc3ccccc3)c2)ccc1-c1ccccc1)c1cccc(-c2ccc(-c3ccccc3)cc2)c1. The minimum Gasteiger partial charge on any atom is -0.405 e. The third-order valence-corrected chi connectivity index (χ3v) is 9.63. The van der Waals surface area contributed by atoms with Crippen LogP contribution < -0.4 is 16.5 Å². The Morgan fingerprint density at radius 1 is 0.400 bits per heavy atom. The van der Waals surface area contributed by atoms with Crippen LogP contribution in [-0.2, 0) is 0 Å². The number of nitrogens with zero attached hydrogens (tertiary/aromatic N) is 1. The van der Waals surface area contributed by atoms with Gasteiger partial charge in [0.15, 0.2) is 0 Å². The zero-order valence-electron chi connectivity index (χ0n) is 30.3. The lowest BCUT2D eigenvalue weighted by Gasteiger charge is -2.15. The number of benzene rings is 8. The van der Waals surface area contributed by atoms with Crippen molar-refractivity contribution in [2.45, 2.75) is 0 Å². The van der Waals surface area contributed by atoms with Crippen molar-refractivity contribution in [2.24, 2.45) is 10.8 Å². The highest BCUT2D eigenvalue weighted by Gasteiger charge is 2.12. The first-order valence-corrected chi connectivity index (χ1v) is 18.4. The second-order valence-electron chi connectivity index (χ2n) is 13.2. The first kappa shape index (κ1) is 34.6. The molecule has 8 rings (SSSR count). The molecule has 0 saturated carbocycles. The Balaban J connectivity index is 1.12. The van der Waals surface area contributed by atoms with Crippen LogP contribution in [0.3, 0.4) is 0 Å². The van der Waals surface area contributed by atoms with Gasteiger partial charge in [0.2, 0.25) is 0 Å². The summed E-state index contributed by atoms with van der Waals surface area (Å²) < 4.78 is 0. The highest BCUT2D eigenvalue weighted by atomic mass is 15.3. The van der Waals surface area contributed by atoms with Crippen molar-refractivity contribution in [3.8, 4) is 55.6 Å². The molecule has 8 aromatic carbocycles. The van der Waals surface area contributed by atoms with Crippen molar-refractivity contribution in [3.05, 3.63) is 224 Å². The fraction of sp³-hybridized carbons (Fsp3) is 0. The first-order valence-electron chi connectivity index (χ1n) is 18.4. The molecule has 0 aliphatic carbocycles. The highest BCUT2D eigenvalue weighted by Crippen LogP contribution is 2.36. The Kier molecular flexibility index (Phi) is 10.4. The quantitative estimate of drug-likeness (QED) is 0.0926. The Bertz CT molecular complexity index is 2580. The lowest BCUT2D eigenvalue weighted by atomic mass is 9.95. The molecule has 0 aromatic heterocycles. The summed E-state index contributed by atoms with van der Waals surface area (Å²) in [6, 6.07) is 71.8. The molecule has 0 unspecified atom stereocenters. The number of hydrazone groups is 1. The van der Waals surface area contributed by atoms with Crippen LogP contribution in [0.2, 0.25) is 0 Å². The maximum absolute atomic E-state index is 6.00. The molecular formula is C51H40N4. The van der Waals surface area contributed by atoms with Gasteiger partial charge in [0, 0.05) is 28.1 Å². The van der Waals surface area contributed by atoms with Gasteiger partial charge in [-0.15, -0.1) is 0 Å². The fourth-order valence-electron chi connectivity index (χ4n) is 6.83. The molecule has 8 aromatic rings. The largest absolute Gasteiger partial charge is 0.405 e. The number of hydrogen-bond acceptors (Lipinski definition) is 4. The molecule has 0 heterocycles. The minimum atomic E-state index is 0.721. The van der Waals surface area contributed by atoms with Crippen LogP contribution in [0.25, 0.3) is 55.6 Å². The van der Waals surface area contributed by atoms with Crippen LogP contribution in [0, 0.1) is 0 Å². The van der Waals surface area contributed by atoms with Crippen molar-refractivity contribution < 1.29 is 0 Å². The molecule has 0 atom stereocenters. The second-order valence-corrected chi connectivity index (χ2v) is 13.2. The van der Waals surface area contributed by atoms with Gasteiger partial charge in [-0.25, -0.2) is 0 Å². The topological polar surface area (TPSA) is 62.4 Å². The number of hydrogen-bond donors (Lipinski definition) is 3. The second kappa shape index (κ2) is 16.5. The van der Waals surface area contributed by atoms with Gasteiger partial charge in [0.25, 0.3) is 0 Å². The number of nitrogens with one attached hydrogen (secondary N) is 2. The summed E-state index contributed by atoms with van der Waals surface area (Å²) in [5, 5.41) is 8.57. The summed E-state index contributed by atoms with van der Waals surface area (Å²) in [5.74, 6) is 0. The van der Waals surface area contributed by atoms with Gasteiger partial charge in [-0.1, -0.05) is 170 Å². The van der Waals surface area contributed by atoms with Gasteiger partial charge in [0.1, 0.15) is 0 Å². The van der Waals surface area contributed by atoms with Gasteiger partial charge in [0.05, 0.1) is 11.4 Å². The molecule has 4 N–H and O–H groups in total. The van der Waals surface area contributed by atoms with Gasteiger partial charge in [-0.3, -0.25) is 5.43 Å². The standard InChI is InChI=1S/C51H40N4/c52-33-32-49(45-21-13-18-41(35-45)39-28-26-38(27-29-39)37-14-4-1-5-15-37)54-55-51-36-43(30-31-48(51)40-16-6-2-7-17-40)42-19-12-20-44(34-42)47-24-10-11-25-50(47)53-46-22-8-3-9-23-46/h1-36,53,55H,52H2/b33-32-,54-49+. The lowest BCUT2D eigenvalue weighted by Crippen LogP contribution is -2.04. The van der Waals surface area contributed by atoms with E-state index in [0.29, 0.717) is 0 Å². The molecule has 4 heteroatoms. The smallest absolute Gasteiger partial charge is 0.0920 e. The Hall–Kier alpha value is -7.43. The molecule has 0 radical (unpaired) electrons. The van der Waals surface area contributed by atoms with Crippen molar-refractivity contribution in [1.29, 1.82) is 0 Å². The molecule has 0 bridgehead atoms. The predicted octanol–water partition coefficient (Wildman–Crippen LogP) is 13.1. The summed E-state index contributed by atoms with van der Waals surface area (Å²) in [6.07, 6.45) is 3.37. The van der Waals surface area contributed by atoms with E-state index in [9.17, 15) is 0 Å². The van der Waals surface area contributed by atoms with E-state index in [4.69, 9.17) is 10.8 Å². The molecule has 0 saturated heterocycles. The van der Waals surface area contributed by atoms with Crippen LogP contribution in [0.1, 0.15) is 5.56 Å². The monoisotopic (exact) mass is 708 g/mol. The van der Waals surface area contributed by atoms with E-state index in [2.05, 4.69) is 187 Å². The average Bonchev–Trinajstić information content (AvgIpc) is 3.26. The molecule has 0 spiro atoms. The van der Waals surface area contributed by atoms with E-state index >= 15 is 0 Å². The summed E-state index contributed by atoms with van der Waals surface area (Å²) in [7, 11) is 0. The minimum absolute atomic E-state index is 0.721. The fourth-order valence-corrected chi connectivity index (χ4v) is 6.83. The maximum Gasteiger partial charge on any atom is 0.0920 e. The molecule has 4 nitrogen and oxygen atoms in total. The predicted molar refractivity (Wildman–Crippen MR) is 233 cm³/mol. The number of allylic oxidation sites excluding steroid dienone is 1. The molecule has 55 heavy (non-hydrogen) atoms. The van der Waals surface area contributed by atoms with E-state index in [1.54, 1.807) is 0 Å². The third kappa shape index (κ3) is 8.15. The number of para-hydroxylation sites is 2. The third-order valence-electron chi connectivity index (χ3n) is 9.63. The highest BCUT2D eigenvalue weighted by molar-refractivity contribution is 6.09. The average molecular weight is 709 g/mol. The summed E-state index contributed by atoms with van der Waals surface area (Å²) in [6.45, 7) is 0. The number of anilines is 3. The van der Waals surface area contributed by atoms with Crippen LogP contribution in [0.4, 0.5) is 17.1 Å². The van der Waals surface area contributed by atoms with Crippen molar-refractivity contribution in [2.75, 3.05) is 10.7 Å². The zero-order chi connectivity index (χ0) is 37.2. The van der Waals surface area contributed by atoms with Crippen molar-refractivity contribution in [1.82, 2.24) is 0 Å². The van der Waals surface area contributed by atoms with Crippen LogP contribution in [0.15, 0.2) is 224 Å². The number of nitrogens with two attached hydrogens (primary N) is 1. The summed E-state index contributed by atoms with van der Waals surface area (Å²) >= 11 is 0. The summed E-state index contributed by atoms with van der Waals surface area (Å²) in [5.41, 5.74) is 25.3. The molecule has 0 aliphatic heterocycles. The lowest BCUT2D eigenvalue weighted by molar-refractivity contribution is 1.33. The van der Waals surface area contributed by atoms with Crippen LogP contribution in [0.5, 0.6) is 0 Å². The van der Waals surface area contributed by atoms with E-state index in [0.717, 1.165) is 72.8 Å². The van der Waals surface area contributed by atoms with E-state index in [-0.39, 0.29) is 0 Å². The molecule has 0 aliphatic rings. The zero-order valence-corrected chi connectivity index (χ0v) is 30.3. The Labute approximate surface area is 323 Å². The van der Waals surface area contributed by atoms with Crippen molar-refractivity contribution in [3.63, 3.8) is 0 Å². The van der Waals surface area contributed by atoms with Gasteiger partial charge in [-0.05, 0) is 93.2 Å². The molecular weight excluding hydrogens is 669 g/mol. The maximum atomic E-state index is 6.00. The van der Waals surface area contributed by atoms with E-state index in [1.165, 1.54) is 17.3 Å². The summed E-state index contributed by atoms with van der Waals surface area (Å²) in [4.78, 5) is 0. The first-order chi connectivity index (χ1) is 27.2. The van der Waals surface area contributed by atoms with E-state index in [1.807, 2.05) is 36.4 Å². The van der Waals surface area contributed by atoms with E-state index < -0.39 is 0 Å². The van der Waals surface area contributed by atoms with Gasteiger partial charge < -0.3 is 11.1 Å². The molecule has 264 valence electrons. The van der Waals surface area contributed by atoms with Crippen LogP contribution in [-0.4, -0.2) is 5.71 Å². The molecule has 0 amide bonds. The van der Waals surface area contributed by atoms with Gasteiger partial charge in [-0.2, -0.15) is 5.10 Å². The van der Waals surface area contributed by atoms with Crippen molar-refractivity contribution >= 4 is 22.8 Å². The van der Waals surface area contributed by atoms with Gasteiger partial charge >= 0.3 is 0 Å². The normalized spacial score (nSPS) is 11.4. The molecule has 0 fully saturated rings. The van der Waals surface area contributed by atoms with Crippen LogP contribution >= 0.6 is 0 Å². The Morgan fingerprint density at radius 2 is 0.909 bits per heavy atom.